The van der Waals surface area contributed by atoms with Crippen molar-refractivity contribution in [3.05, 3.63) is 145 Å². The van der Waals surface area contributed by atoms with Crippen LogP contribution < -0.4 is 0 Å². The number of nitrogens with zero attached hydrogens (tertiary/aromatic N) is 4. The van der Waals surface area contributed by atoms with Crippen molar-refractivity contribution in [3.8, 4) is 22.6 Å². The van der Waals surface area contributed by atoms with E-state index in [9.17, 15) is 0 Å². The fourth-order valence-electron chi connectivity index (χ4n) is 6.73. The Morgan fingerprint density at radius 1 is 0.688 bits per heavy atom. The third-order valence-electron chi connectivity index (χ3n) is 8.89. The number of para-hydroxylation sites is 3. The first-order chi connectivity index (χ1) is 22.8. The van der Waals surface area contributed by atoms with Crippen LogP contribution in [0.3, 0.4) is 0 Å². The third kappa shape index (κ3) is 5.59. The number of hydrogen-bond acceptors (Lipinski definition) is 2. The number of hydrogen-bond donors (Lipinski definition) is 0. The Labute approximate surface area is 300 Å². The van der Waals surface area contributed by atoms with Crippen molar-refractivity contribution in [1.29, 1.82) is 0 Å². The minimum absolute atomic E-state index is 0. The fourth-order valence-corrected chi connectivity index (χ4v) is 7.55. The van der Waals surface area contributed by atoms with E-state index in [4.69, 9.17) is 4.98 Å². The maximum atomic E-state index is 4.90. The van der Waals surface area contributed by atoms with Gasteiger partial charge in [0.2, 0.25) is 0 Å². The molecule has 0 bridgehead atoms. The summed E-state index contributed by atoms with van der Waals surface area (Å²) in [5, 5.41) is 2.35. The van der Waals surface area contributed by atoms with Gasteiger partial charge in [-0.25, -0.2) is 14.1 Å². The first kappa shape index (κ1) is 32.1. The average molecular weight is 823 g/mol. The summed E-state index contributed by atoms with van der Waals surface area (Å²) in [7, 11) is 0. The topological polar surface area (TPSA) is 27.7 Å². The standard InChI is InChI=1S/C42H35N4S.Pt/c1-28-12-10-13-29(2)41(28)30-22-23-43-40(24-30)46-36-17-7-6-16-34(36)35-21-20-33(26-39(35)46)47-32-15-11-14-31(25-32)44-27-45(42(3,4)5)38-19-9-8-18-37(38)44;/h6-24,27H,1-5H3;/q-1;. The van der Waals surface area contributed by atoms with Crippen molar-refractivity contribution < 1.29 is 21.1 Å². The molecule has 240 valence electrons. The van der Waals surface area contributed by atoms with Crippen LogP contribution in [-0.2, 0) is 26.6 Å². The SMILES string of the molecule is Cc1cccc(C)c1-c1ccnc(-n2c3[c-]c(Sc4[c-]c(-n5[cH+]n(C(C)(C)C)c6ccccc65)ccc4)ccc3c3ccccc32)c1.[Pt]. The maximum Gasteiger partial charge on any atom is 0.188 e. The molecule has 8 rings (SSSR count). The zero-order valence-corrected chi connectivity index (χ0v) is 30.6. The zero-order chi connectivity index (χ0) is 32.3. The van der Waals surface area contributed by atoms with E-state index in [1.165, 1.54) is 33.2 Å². The normalized spacial score (nSPS) is 11.8. The first-order valence-electron chi connectivity index (χ1n) is 16.0. The van der Waals surface area contributed by atoms with E-state index in [1.807, 2.05) is 6.20 Å². The van der Waals surface area contributed by atoms with Crippen LogP contribution in [0.2, 0.25) is 0 Å². The van der Waals surface area contributed by atoms with Gasteiger partial charge in [-0.2, -0.15) is 24.3 Å². The van der Waals surface area contributed by atoms with Crippen LogP contribution in [0.1, 0.15) is 31.9 Å². The predicted molar refractivity (Wildman–Crippen MR) is 196 cm³/mol. The first-order valence-corrected chi connectivity index (χ1v) is 16.8. The van der Waals surface area contributed by atoms with Crippen molar-refractivity contribution in [2.75, 3.05) is 0 Å². The summed E-state index contributed by atoms with van der Waals surface area (Å²) in [5.74, 6) is 0.884. The molecular weight excluding hydrogens is 788 g/mol. The van der Waals surface area contributed by atoms with Gasteiger partial charge in [0, 0.05) is 50.6 Å². The Balaban J connectivity index is 0.00000364. The van der Waals surface area contributed by atoms with Gasteiger partial charge in [-0.05, 0) is 92.6 Å². The van der Waals surface area contributed by atoms with Crippen LogP contribution in [0.5, 0.6) is 0 Å². The Morgan fingerprint density at radius 3 is 2.15 bits per heavy atom. The number of aromatic nitrogens is 4. The maximum absolute atomic E-state index is 4.90. The molecule has 0 aliphatic rings. The second-order valence-corrected chi connectivity index (χ2v) is 14.2. The molecule has 0 unspecified atom stereocenters. The number of pyridine rings is 1. The Morgan fingerprint density at radius 2 is 1.38 bits per heavy atom. The van der Waals surface area contributed by atoms with Crippen molar-refractivity contribution >= 4 is 44.6 Å². The molecule has 0 atom stereocenters. The van der Waals surface area contributed by atoms with Gasteiger partial charge in [0.15, 0.2) is 17.4 Å². The van der Waals surface area contributed by atoms with E-state index in [0.29, 0.717) is 0 Å². The van der Waals surface area contributed by atoms with E-state index in [-0.39, 0.29) is 26.6 Å². The van der Waals surface area contributed by atoms with Crippen LogP contribution >= 0.6 is 11.8 Å². The van der Waals surface area contributed by atoms with Gasteiger partial charge in [0.05, 0.1) is 5.54 Å². The van der Waals surface area contributed by atoms with Crippen molar-refractivity contribution in [2.45, 2.75) is 49.9 Å². The summed E-state index contributed by atoms with van der Waals surface area (Å²) in [6.45, 7) is 11.1. The predicted octanol–water partition coefficient (Wildman–Crippen LogP) is 11.0. The molecule has 6 heteroatoms. The van der Waals surface area contributed by atoms with Gasteiger partial charge in [0.1, 0.15) is 5.82 Å². The molecule has 8 aromatic rings. The monoisotopic (exact) mass is 822 g/mol. The largest absolute Gasteiger partial charge is 0.319 e. The Hall–Kier alpha value is -4.44. The number of rotatable bonds is 5. The van der Waals surface area contributed by atoms with Gasteiger partial charge in [0.25, 0.3) is 0 Å². The zero-order valence-electron chi connectivity index (χ0n) is 27.6. The summed E-state index contributed by atoms with van der Waals surface area (Å²) in [5.41, 5.74) is 10.4. The molecule has 3 aromatic heterocycles. The van der Waals surface area contributed by atoms with Gasteiger partial charge in [-0.1, -0.05) is 52.9 Å². The number of benzene rings is 5. The smallest absolute Gasteiger partial charge is 0.188 e. The average Bonchev–Trinajstić information content (AvgIpc) is 3.62. The van der Waals surface area contributed by atoms with E-state index in [1.54, 1.807) is 11.8 Å². The van der Waals surface area contributed by atoms with Crippen LogP contribution in [0, 0.1) is 26.0 Å². The molecule has 0 radical (unpaired) electrons. The second kappa shape index (κ2) is 12.5. The Kier molecular flexibility index (Phi) is 8.39. The molecule has 0 saturated heterocycles. The quantitative estimate of drug-likeness (QED) is 0.162. The molecule has 5 aromatic carbocycles. The Bertz CT molecular complexity index is 2450. The van der Waals surface area contributed by atoms with Crippen molar-refractivity contribution in [2.24, 2.45) is 0 Å². The van der Waals surface area contributed by atoms with E-state index in [0.717, 1.165) is 43.2 Å². The van der Waals surface area contributed by atoms with Gasteiger partial charge >= 0.3 is 0 Å². The molecule has 0 saturated carbocycles. The number of imidazole rings is 1. The molecular formula is C42H35N4PtS-. The van der Waals surface area contributed by atoms with Gasteiger partial charge < -0.3 is 4.57 Å². The van der Waals surface area contributed by atoms with E-state index in [2.05, 4.69) is 176 Å². The molecule has 48 heavy (non-hydrogen) atoms. The van der Waals surface area contributed by atoms with Crippen molar-refractivity contribution in [3.63, 3.8) is 0 Å². The van der Waals surface area contributed by atoms with Crippen LogP contribution in [-0.4, -0.2) is 18.7 Å². The van der Waals surface area contributed by atoms with E-state index >= 15 is 0 Å². The molecule has 0 aliphatic heterocycles. The molecule has 4 nitrogen and oxygen atoms in total. The summed E-state index contributed by atoms with van der Waals surface area (Å²) < 4.78 is 6.83. The summed E-state index contributed by atoms with van der Waals surface area (Å²) in [6.07, 6.45) is 4.12. The van der Waals surface area contributed by atoms with Crippen LogP contribution in [0.4, 0.5) is 0 Å². The third-order valence-corrected chi connectivity index (χ3v) is 9.80. The minimum Gasteiger partial charge on any atom is -0.319 e. The van der Waals surface area contributed by atoms with Crippen molar-refractivity contribution in [1.82, 2.24) is 18.7 Å². The van der Waals surface area contributed by atoms with Gasteiger partial charge in [-0.15, -0.1) is 34.2 Å². The fraction of sp³-hybridized carbons (Fsp3) is 0.143. The molecule has 0 amide bonds. The summed E-state index contributed by atoms with van der Waals surface area (Å²) in [4.78, 5) is 6.96. The van der Waals surface area contributed by atoms with Crippen LogP contribution in [0.25, 0.3) is 55.5 Å². The molecule has 3 heterocycles. The summed E-state index contributed by atoms with van der Waals surface area (Å²) >= 11 is 1.68. The second-order valence-electron chi connectivity index (χ2n) is 13.1. The van der Waals surface area contributed by atoms with Crippen LogP contribution in [0.15, 0.2) is 132 Å². The summed E-state index contributed by atoms with van der Waals surface area (Å²) in [6, 6.07) is 46.1. The number of fused-ring (bicyclic) bond motifs is 4. The van der Waals surface area contributed by atoms with Gasteiger partial charge in [-0.3, -0.25) is 0 Å². The molecule has 0 aliphatic carbocycles. The van der Waals surface area contributed by atoms with E-state index < -0.39 is 0 Å². The molecule has 0 fully saturated rings. The minimum atomic E-state index is -0.0484. The molecule has 0 spiro atoms. The number of aryl methyl sites for hydroxylation is 2. The molecule has 0 N–H and O–H groups in total.